The van der Waals surface area contributed by atoms with E-state index in [9.17, 15) is 27.9 Å². The van der Waals surface area contributed by atoms with Gasteiger partial charge in [-0.05, 0) is 56.2 Å². The van der Waals surface area contributed by atoms with Gasteiger partial charge in [0.2, 0.25) is 17.5 Å². The predicted molar refractivity (Wildman–Crippen MR) is 162 cm³/mol. The molecule has 4 aromatic rings. The molecule has 1 aliphatic rings. The van der Waals surface area contributed by atoms with Crippen LogP contribution in [0.2, 0.25) is 0 Å². The lowest BCUT2D eigenvalue weighted by Crippen LogP contribution is -2.49. The number of amides is 1. The highest BCUT2D eigenvalue weighted by Gasteiger charge is 2.31. The third-order valence-corrected chi connectivity index (χ3v) is 7.52. The van der Waals surface area contributed by atoms with Gasteiger partial charge in [-0.2, -0.15) is 22.7 Å². The maximum Gasteiger partial charge on any atom is 0.416 e. The largest absolute Gasteiger partial charge is 0.504 e. The molecule has 2 N–H and O–H groups in total. The van der Waals surface area contributed by atoms with Crippen LogP contribution in [0.4, 0.5) is 30.4 Å². The SMILES string of the molecule is C=C(OCC)c1nc2n(CC(=O)Nc3ccc(C(F)(F)F)cc3C)c(CC)c(N3CCN(c4ncccc4O)CC3)c(=O)n2n1. The number of ether oxygens (including phenoxy) is 1. The molecule has 0 bridgehead atoms. The van der Waals surface area contributed by atoms with Crippen LogP contribution < -0.4 is 20.7 Å². The smallest absolute Gasteiger partial charge is 0.416 e. The average Bonchev–Trinajstić information content (AvgIpc) is 3.46. The van der Waals surface area contributed by atoms with Crippen LogP contribution in [-0.4, -0.2) is 67.9 Å². The second-order valence-corrected chi connectivity index (χ2v) is 10.4. The fourth-order valence-corrected chi connectivity index (χ4v) is 5.37. The summed E-state index contributed by atoms with van der Waals surface area (Å²) in [5, 5.41) is 17.3. The van der Waals surface area contributed by atoms with Crippen LogP contribution in [0.15, 0.2) is 47.9 Å². The van der Waals surface area contributed by atoms with E-state index in [0.717, 1.165) is 16.6 Å². The van der Waals surface area contributed by atoms with Crippen molar-refractivity contribution in [1.82, 2.24) is 24.1 Å². The number of piperazine rings is 1. The number of halogens is 3. The van der Waals surface area contributed by atoms with E-state index in [1.54, 1.807) is 29.8 Å². The minimum Gasteiger partial charge on any atom is -0.504 e. The summed E-state index contributed by atoms with van der Waals surface area (Å²) in [5.41, 5.74) is 0.0864. The lowest BCUT2D eigenvalue weighted by Gasteiger charge is -2.37. The highest BCUT2D eigenvalue weighted by atomic mass is 19.4. The normalized spacial score (nSPS) is 13.7. The zero-order valence-corrected chi connectivity index (χ0v) is 25.1. The molecule has 1 aliphatic heterocycles. The standard InChI is InChI=1S/C30H33F3N8O4/c1-5-22-25(38-12-14-39(15-13-38)27-23(42)8-7-11-34-27)28(44)41-29(36-26(37-41)19(4)45-6-2)40(22)17-24(43)35-21-10-9-20(16-18(21)3)30(31,32)33/h7-11,16,42H,4-6,12-15,17H2,1-3H3,(H,35,43). The van der Waals surface area contributed by atoms with Gasteiger partial charge in [-0.3, -0.25) is 9.59 Å². The van der Waals surface area contributed by atoms with Gasteiger partial charge in [0, 0.05) is 38.1 Å². The highest BCUT2D eigenvalue weighted by molar-refractivity contribution is 5.91. The lowest BCUT2D eigenvalue weighted by atomic mass is 10.1. The Kier molecular flexibility index (Phi) is 8.71. The van der Waals surface area contributed by atoms with Gasteiger partial charge in [0.25, 0.3) is 5.56 Å². The number of aromatic hydroxyl groups is 1. The van der Waals surface area contributed by atoms with E-state index in [-0.39, 0.29) is 40.9 Å². The Morgan fingerprint density at radius 1 is 1.13 bits per heavy atom. The van der Waals surface area contributed by atoms with Crippen LogP contribution >= 0.6 is 0 Å². The highest BCUT2D eigenvalue weighted by Crippen LogP contribution is 2.32. The second-order valence-electron chi connectivity index (χ2n) is 10.4. The molecule has 45 heavy (non-hydrogen) atoms. The molecule has 0 spiro atoms. The number of hydrogen-bond donors (Lipinski definition) is 2. The topological polar surface area (TPSA) is 130 Å². The Hall–Kier alpha value is -5.08. The van der Waals surface area contributed by atoms with E-state index in [1.807, 2.05) is 16.7 Å². The lowest BCUT2D eigenvalue weighted by molar-refractivity contribution is -0.137. The van der Waals surface area contributed by atoms with Gasteiger partial charge in [0.15, 0.2) is 17.3 Å². The minimum absolute atomic E-state index is 0.0583. The Morgan fingerprint density at radius 3 is 2.47 bits per heavy atom. The number of aromatic nitrogens is 5. The Labute approximate surface area is 256 Å². The molecule has 1 saturated heterocycles. The van der Waals surface area contributed by atoms with Crippen molar-refractivity contribution in [3.63, 3.8) is 0 Å². The second kappa shape index (κ2) is 12.5. The molecule has 0 aliphatic carbocycles. The molecule has 4 heterocycles. The monoisotopic (exact) mass is 626 g/mol. The van der Waals surface area contributed by atoms with Crippen molar-refractivity contribution >= 4 is 34.6 Å². The van der Waals surface area contributed by atoms with Gasteiger partial charge in [-0.1, -0.05) is 13.5 Å². The van der Waals surface area contributed by atoms with Crippen molar-refractivity contribution in [1.29, 1.82) is 0 Å². The number of rotatable bonds is 9. The Bertz CT molecular complexity index is 1810. The fraction of sp³-hybridized carbons (Fsp3) is 0.367. The number of alkyl halides is 3. The van der Waals surface area contributed by atoms with Gasteiger partial charge in [-0.25, -0.2) is 4.98 Å². The number of carbonyl (C=O) groups excluding carboxylic acids is 1. The van der Waals surface area contributed by atoms with Crippen molar-refractivity contribution in [3.05, 3.63) is 76.1 Å². The molecule has 1 aromatic carbocycles. The number of fused-ring (bicyclic) bond motifs is 1. The summed E-state index contributed by atoms with van der Waals surface area (Å²) < 4.78 is 47.7. The fourth-order valence-electron chi connectivity index (χ4n) is 5.37. The summed E-state index contributed by atoms with van der Waals surface area (Å²) in [6.07, 6.45) is -2.57. The van der Waals surface area contributed by atoms with Crippen LogP contribution in [-0.2, 0) is 28.7 Å². The summed E-state index contributed by atoms with van der Waals surface area (Å²) in [7, 11) is 0. The Balaban J connectivity index is 1.52. The molecule has 5 rings (SSSR count). The van der Waals surface area contributed by atoms with Gasteiger partial charge in [0.05, 0.1) is 17.9 Å². The molecule has 0 radical (unpaired) electrons. The molecule has 3 aromatic heterocycles. The summed E-state index contributed by atoms with van der Waals surface area (Å²) in [6, 6.07) is 6.29. The van der Waals surface area contributed by atoms with Crippen molar-refractivity contribution in [2.75, 3.05) is 47.9 Å². The van der Waals surface area contributed by atoms with Crippen LogP contribution in [0.5, 0.6) is 5.75 Å². The van der Waals surface area contributed by atoms with Gasteiger partial charge >= 0.3 is 6.18 Å². The van der Waals surface area contributed by atoms with Crippen LogP contribution in [0.3, 0.4) is 0 Å². The first-order chi connectivity index (χ1) is 21.4. The van der Waals surface area contributed by atoms with Crippen LogP contribution in [0, 0.1) is 6.92 Å². The maximum atomic E-state index is 14.0. The molecular formula is C30H33F3N8O4. The van der Waals surface area contributed by atoms with Gasteiger partial charge in [0.1, 0.15) is 12.2 Å². The predicted octanol–water partition coefficient (Wildman–Crippen LogP) is 3.85. The number of aryl methyl sites for hydroxylation is 1. The summed E-state index contributed by atoms with van der Waals surface area (Å²) in [6.45, 7) is 10.7. The third kappa shape index (κ3) is 6.28. The van der Waals surface area contributed by atoms with Crippen molar-refractivity contribution < 1.29 is 27.8 Å². The molecule has 0 atom stereocenters. The van der Waals surface area contributed by atoms with Crippen molar-refractivity contribution in [2.45, 2.75) is 39.9 Å². The molecule has 0 saturated carbocycles. The Morgan fingerprint density at radius 2 is 1.84 bits per heavy atom. The number of pyridine rings is 1. The quantitative estimate of drug-likeness (QED) is 0.266. The van der Waals surface area contributed by atoms with Crippen LogP contribution in [0.1, 0.15) is 36.5 Å². The zero-order valence-electron chi connectivity index (χ0n) is 25.1. The number of hydrogen-bond acceptors (Lipinski definition) is 9. The van der Waals surface area contributed by atoms with Crippen LogP contribution in [0.25, 0.3) is 11.5 Å². The number of carbonyl (C=O) groups is 1. The molecule has 1 fully saturated rings. The minimum atomic E-state index is -4.51. The zero-order chi connectivity index (χ0) is 32.5. The molecule has 15 heteroatoms. The summed E-state index contributed by atoms with van der Waals surface area (Å²) >= 11 is 0. The molecule has 12 nitrogen and oxygen atoms in total. The van der Waals surface area contributed by atoms with E-state index in [2.05, 4.69) is 27.0 Å². The van der Waals surface area contributed by atoms with E-state index in [4.69, 9.17) is 4.74 Å². The molecule has 0 unspecified atom stereocenters. The number of nitrogens with one attached hydrogen (secondary N) is 1. The van der Waals surface area contributed by atoms with Crippen molar-refractivity contribution in [2.24, 2.45) is 0 Å². The average molecular weight is 627 g/mol. The number of anilines is 3. The number of nitrogens with zero attached hydrogens (tertiary/aromatic N) is 7. The first-order valence-corrected chi connectivity index (χ1v) is 14.4. The van der Waals surface area contributed by atoms with Crippen molar-refractivity contribution in [3.8, 4) is 5.75 Å². The van der Waals surface area contributed by atoms with E-state index < -0.39 is 23.2 Å². The first kappa shape index (κ1) is 31.3. The van der Waals surface area contributed by atoms with E-state index in [0.29, 0.717) is 56.4 Å². The summed E-state index contributed by atoms with van der Waals surface area (Å²) in [5.74, 6) is 0.298. The van der Waals surface area contributed by atoms with Gasteiger partial charge < -0.3 is 29.5 Å². The maximum absolute atomic E-state index is 14.0. The number of benzene rings is 1. The first-order valence-electron chi connectivity index (χ1n) is 14.4. The summed E-state index contributed by atoms with van der Waals surface area (Å²) in [4.78, 5) is 40.0. The molecule has 238 valence electrons. The third-order valence-electron chi connectivity index (χ3n) is 7.52. The van der Waals surface area contributed by atoms with E-state index in [1.165, 1.54) is 13.0 Å². The van der Waals surface area contributed by atoms with E-state index >= 15 is 0 Å². The van der Waals surface area contributed by atoms with Gasteiger partial charge in [-0.15, -0.1) is 5.10 Å². The molecular weight excluding hydrogens is 593 g/mol. The molecule has 1 amide bonds.